The lowest BCUT2D eigenvalue weighted by Gasteiger charge is -2.43. The van der Waals surface area contributed by atoms with Gasteiger partial charge in [-0.05, 0) is 56.3 Å². The molecule has 2 heteroatoms. The third-order valence-electron chi connectivity index (χ3n) is 4.46. The third-order valence-corrected chi connectivity index (χ3v) is 4.46. The first-order chi connectivity index (χ1) is 6.16. The number of aliphatic hydroxyl groups is 2. The molecule has 13 heavy (non-hydrogen) atoms. The molecule has 4 aliphatic rings. The van der Waals surface area contributed by atoms with Crippen LogP contribution in [0.4, 0.5) is 0 Å². The predicted molar refractivity (Wildman–Crippen MR) is 49.1 cm³/mol. The monoisotopic (exact) mass is 182 g/mol. The van der Waals surface area contributed by atoms with Crippen molar-refractivity contribution in [2.24, 2.45) is 17.8 Å². The topological polar surface area (TPSA) is 40.5 Å². The van der Waals surface area contributed by atoms with E-state index in [1.807, 2.05) is 0 Å². The molecule has 0 aliphatic heterocycles. The smallest absolute Gasteiger partial charge is 0.0910 e. The molecule has 2 nitrogen and oxygen atoms in total. The van der Waals surface area contributed by atoms with Crippen molar-refractivity contribution in [3.8, 4) is 0 Å². The highest BCUT2D eigenvalue weighted by atomic mass is 16.3. The maximum atomic E-state index is 10.3. The Hall–Kier alpha value is -0.0800. The van der Waals surface area contributed by atoms with Crippen molar-refractivity contribution in [1.82, 2.24) is 0 Å². The molecule has 0 aromatic carbocycles. The second-order valence-electron chi connectivity index (χ2n) is 5.57. The van der Waals surface area contributed by atoms with Gasteiger partial charge in [0.25, 0.3) is 0 Å². The molecule has 0 radical (unpaired) electrons. The van der Waals surface area contributed by atoms with Gasteiger partial charge in [-0.25, -0.2) is 0 Å². The molecule has 3 atom stereocenters. The Balaban J connectivity index is 1.97. The van der Waals surface area contributed by atoms with Gasteiger partial charge in [0.2, 0.25) is 0 Å². The minimum atomic E-state index is -0.709. The van der Waals surface area contributed by atoms with Gasteiger partial charge in [0, 0.05) is 0 Å². The van der Waals surface area contributed by atoms with E-state index in [2.05, 4.69) is 0 Å². The summed E-state index contributed by atoms with van der Waals surface area (Å²) in [6.07, 6.45) is 5.97. The van der Waals surface area contributed by atoms with Crippen LogP contribution in [0.1, 0.15) is 38.5 Å². The molecule has 0 saturated heterocycles. The first-order valence-electron chi connectivity index (χ1n) is 5.56. The van der Waals surface area contributed by atoms with Crippen LogP contribution in [0.2, 0.25) is 0 Å². The highest BCUT2D eigenvalue weighted by Crippen LogP contribution is 2.52. The molecule has 4 bridgehead atoms. The Kier molecular flexibility index (Phi) is 1.58. The molecule has 3 unspecified atom stereocenters. The molecule has 0 heterocycles. The lowest BCUT2D eigenvalue weighted by atomic mass is 9.66. The number of hydrogen-bond donors (Lipinski definition) is 2. The quantitative estimate of drug-likeness (QED) is 0.593. The van der Waals surface area contributed by atoms with E-state index in [0.717, 1.165) is 19.3 Å². The van der Waals surface area contributed by atoms with Gasteiger partial charge in [0.05, 0.1) is 11.7 Å². The highest BCUT2D eigenvalue weighted by molar-refractivity contribution is 5.02. The van der Waals surface area contributed by atoms with Gasteiger partial charge < -0.3 is 10.2 Å². The first kappa shape index (κ1) is 8.25. The largest absolute Gasteiger partial charge is 0.390 e. The van der Waals surface area contributed by atoms with Crippen molar-refractivity contribution >= 4 is 0 Å². The van der Waals surface area contributed by atoms with Crippen LogP contribution < -0.4 is 0 Å². The number of rotatable bonds is 0. The SMILES string of the molecule is OC1CC2CC3CC(C2)CC1(O)C3. The van der Waals surface area contributed by atoms with E-state index < -0.39 is 11.7 Å². The zero-order valence-corrected chi connectivity index (χ0v) is 7.95. The summed E-state index contributed by atoms with van der Waals surface area (Å²) < 4.78 is 0. The molecule has 4 aliphatic carbocycles. The molecular weight excluding hydrogens is 164 g/mol. The van der Waals surface area contributed by atoms with Crippen LogP contribution in [-0.2, 0) is 0 Å². The summed E-state index contributed by atoms with van der Waals surface area (Å²) in [5.74, 6) is 2.12. The van der Waals surface area contributed by atoms with E-state index >= 15 is 0 Å². The van der Waals surface area contributed by atoms with Gasteiger partial charge in [0.1, 0.15) is 0 Å². The fraction of sp³-hybridized carbons (Fsp3) is 1.00. The van der Waals surface area contributed by atoms with Crippen LogP contribution in [0.3, 0.4) is 0 Å². The summed E-state index contributed by atoms with van der Waals surface area (Å²) in [5, 5.41) is 20.2. The maximum Gasteiger partial charge on any atom is 0.0910 e. The summed E-state index contributed by atoms with van der Waals surface area (Å²) in [6, 6.07) is 0. The highest BCUT2D eigenvalue weighted by Gasteiger charge is 2.51. The van der Waals surface area contributed by atoms with Crippen molar-refractivity contribution in [3.05, 3.63) is 0 Å². The fourth-order valence-electron chi connectivity index (χ4n) is 4.12. The van der Waals surface area contributed by atoms with Crippen LogP contribution in [0.15, 0.2) is 0 Å². The molecule has 4 rings (SSSR count). The number of aliphatic hydroxyl groups excluding tert-OH is 1. The average molecular weight is 182 g/mol. The Morgan fingerprint density at radius 1 is 0.846 bits per heavy atom. The second-order valence-corrected chi connectivity index (χ2v) is 5.57. The molecule has 0 aromatic heterocycles. The van der Waals surface area contributed by atoms with Crippen LogP contribution in [0, 0.1) is 17.8 Å². The van der Waals surface area contributed by atoms with Gasteiger partial charge in [-0.15, -0.1) is 0 Å². The van der Waals surface area contributed by atoms with Crippen LogP contribution in [-0.4, -0.2) is 21.9 Å². The zero-order valence-electron chi connectivity index (χ0n) is 7.95. The normalized spacial score (nSPS) is 59.5. The van der Waals surface area contributed by atoms with Crippen molar-refractivity contribution in [2.45, 2.75) is 50.2 Å². The molecule has 4 saturated carbocycles. The second kappa shape index (κ2) is 2.48. The Morgan fingerprint density at radius 3 is 2.00 bits per heavy atom. The molecule has 0 spiro atoms. The summed E-state index contributed by atoms with van der Waals surface area (Å²) >= 11 is 0. The van der Waals surface area contributed by atoms with E-state index in [1.165, 1.54) is 19.3 Å². The molecule has 0 amide bonds. The number of hydrogen-bond acceptors (Lipinski definition) is 2. The van der Waals surface area contributed by atoms with E-state index in [1.54, 1.807) is 0 Å². The lowest BCUT2D eigenvalue weighted by Crippen LogP contribution is -2.46. The lowest BCUT2D eigenvalue weighted by molar-refractivity contribution is -0.110. The van der Waals surface area contributed by atoms with Crippen LogP contribution in [0.25, 0.3) is 0 Å². The van der Waals surface area contributed by atoms with E-state index in [4.69, 9.17) is 0 Å². The third kappa shape index (κ3) is 1.15. The molecular formula is C11H18O2. The summed E-state index contributed by atoms with van der Waals surface area (Å²) in [6.45, 7) is 0. The van der Waals surface area contributed by atoms with Gasteiger partial charge in [0.15, 0.2) is 0 Å². The van der Waals surface area contributed by atoms with Crippen LogP contribution in [0.5, 0.6) is 0 Å². The summed E-state index contributed by atoms with van der Waals surface area (Å²) in [4.78, 5) is 0. The summed E-state index contributed by atoms with van der Waals surface area (Å²) in [7, 11) is 0. The minimum absolute atomic E-state index is 0.437. The summed E-state index contributed by atoms with van der Waals surface area (Å²) in [5.41, 5.74) is -0.709. The van der Waals surface area contributed by atoms with Crippen molar-refractivity contribution in [2.75, 3.05) is 0 Å². The molecule has 74 valence electrons. The Labute approximate surface area is 79.0 Å². The molecule has 0 aromatic rings. The zero-order chi connectivity index (χ0) is 9.05. The van der Waals surface area contributed by atoms with Crippen molar-refractivity contribution in [1.29, 1.82) is 0 Å². The average Bonchev–Trinajstić information content (AvgIpc) is 2.12. The van der Waals surface area contributed by atoms with E-state index in [-0.39, 0.29) is 0 Å². The Bertz CT molecular complexity index is 212. The molecule has 2 N–H and O–H groups in total. The standard InChI is InChI=1S/C11H18O2/c12-10-4-7-1-8-3-9(2-7)6-11(10,13)5-8/h7-10,12-13H,1-6H2. The fourth-order valence-corrected chi connectivity index (χ4v) is 4.12. The molecule has 4 fully saturated rings. The van der Waals surface area contributed by atoms with Gasteiger partial charge in [-0.3, -0.25) is 0 Å². The van der Waals surface area contributed by atoms with E-state index in [9.17, 15) is 10.2 Å². The Morgan fingerprint density at radius 2 is 1.38 bits per heavy atom. The van der Waals surface area contributed by atoms with Crippen molar-refractivity contribution < 1.29 is 10.2 Å². The first-order valence-corrected chi connectivity index (χ1v) is 5.56. The van der Waals surface area contributed by atoms with Gasteiger partial charge in [-0.1, -0.05) is 0 Å². The maximum absolute atomic E-state index is 10.3. The van der Waals surface area contributed by atoms with Crippen LogP contribution >= 0.6 is 0 Å². The predicted octanol–water partition coefficient (Wildman–Crippen LogP) is 1.31. The van der Waals surface area contributed by atoms with E-state index in [0.29, 0.717) is 17.8 Å². The van der Waals surface area contributed by atoms with Crippen molar-refractivity contribution in [3.63, 3.8) is 0 Å². The minimum Gasteiger partial charge on any atom is -0.390 e. The van der Waals surface area contributed by atoms with Gasteiger partial charge >= 0.3 is 0 Å². The van der Waals surface area contributed by atoms with Gasteiger partial charge in [-0.2, -0.15) is 0 Å². The number of fused-ring (bicyclic) bond motifs is 1.